The predicted molar refractivity (Wildman–Crippen MR) is 170 cm³/mol. The molecule has 5 atom stereocenters. The quantitative estimate of drug-likeness (QED) is 0.211. The predicted octanol–water partition coefficient (Wildman–Crippen LogP) is 3.40. The second-order valence-electron chi connectivity index (χ2n) is 12.2. The molecule has 3 fully saturated rings. The first-order valence-electron chi connectivity index (χ1n) is 15.7. The van der Waals surface area contributed by atoms with E-state index in [1.165, 1.54) is 11.1 Å². The van der Waals surface area contributed by atoms with Crippen molar-refractivity contribution in [3.8, 4) is 0 Å². The highest BCUT2D eigenvalue weighted by Gasteiger charge is 2.58. The van der Waals surface area contributed by atoms with Crippen molar-refractivity contribution in [2.24, 2.45) is 0 Å². The van der Waals surface area contributed by atoms with Crippen LogP contribution in [0.15, 0.2) is 67.0 Å². The molecule has 0 bridgehead atoms. The topological polar surface area (TPSA) is 136 Å². The van der Waals surface area contributed by atoms with Crippen molar-refractivity contribution in [3.05, 3.63) is 78.1 Å². The van der Waals surface area contributed by atoms with Gasteiger partial charge in [0.05, 0.1) is 6.33 Å². The highest BCUT2D eigenvalue weighted by atomic mass is 16.8. The van der Waals surface area contributed by atoms with Crippen LogP contribution in [-0.4, -0.2) is 81.7 Å². The lowest BCUT2D eigenvalue weighted by atomic mass is 9.91. The number of nitrogens with zero attached hydrogens (tertiary/aromatic N) is 4. The molecule has 12 nitrogen and oxygen atoms in total. The molecule has 45 heavy (non-hydrogen) atoms. The molecule has 7 rings (SSSR count). The van der Waals surface area contributed by atoms with Crippen molar-refractivity contribution < 1.29 is 19.0 Å². The number of carbonyl (C=O) groups is 1. The van der Waals surface area contributed by atoms with E-state index in [-0.39, 0.29) is 17.9 Å². The Kier molecular flexibility index (Phi) is 8.13. The Morgan fingerprint density at radius 1 is 1.04 bits per heavy atom. The van der Waals surface area contributed by atoms with Gasteiger partial charge in [0.2, 0.25) is 5.95 Å². The number of hydrogen-bond donors (Lipinski definition) is 4. The normalized spacial score (nSPS) is 25.5. The molecule has 0 saturated carbocycles. The number of carbonyl (C=O) groups excluding carboxylic acids is 1. The van der Waals surface area contributed by atoms with Crippen molar-refractivity contribution in [2.45, 2.75) is 69.5 Å². The van der Waals surface area contributed by atoms with Crippen LogP contribution in [0, 0.1) is 0 Å². The van der Waals surface area contributed by atoms with E-state index in [1.807, 2.05) is 37.5 Å². The summed E-state index contributed by atoms with van der Waals surface area (Å²) < 4.78 is 20.7. The van der Waals surface area contributed by atoms with Crippen LogP contribution in [0.3, 0.4) is 0 Å². The SMILES string of the molecule is CCNC(=O)[C@H]1O[C@@H](n2cnc3c(NCC(c4ccccc4)c4ccccc4)nc(NC4CCNC4)nc32)[C@@H]2OC(C)(C)O[C@H]21. The van der Waals surface area contributed by atoms with E-state index in [0.717, 1.165) is 19.5 Å². The first-order valence-corrected chi connectivity index (χ1v) is 15.7. The summed E-state index contributed by atoms with van der Waals surface area (Å²) in [6.07, 6.45) is 0.0314. The Morgan fingerprint density at radius 3 is 2.42 bits per heavy atom. The van der Waals surface area contributed by atoms with E-state index in [2.05, 4.69) is 69.8 Å². The van der Waals surface area contributed by atoms with Gasteiger partial charge in [-0.3, -0.25) is 9.36 Å². The molecule has 2 aromatic heterocycles. The number of anilines is 2. The second-order valence-corrected chi connectivity index (χ2v) is 12.2. The molecule has 12 heteroatoms. The largest absolute Gasteiger partial charge is 0.367 e. The van der Waals surface area contributed by atoms with E-state index in [9.17, 15) is 4.79 Å². The summed E-state index contributed by atoms with van der Waals surface area (Å²) in [5.74, 6) is 0.0873. The molecule has 0 spiro atoms. The number of benzene rings is 2. The summed E-state index contributed by atoms with van der Waals surface area (Å²) in [7, 11) is 0. The first-order chi connectivity index (χ1) is 21.9. The maximum atomic E-state index is 13.0. The highest BCUT2D eigenvalue weighted by molar-refractivity contribution is 5.85. The van der Waals surface area contributed by atoms with Crippen molar-refractivity contribution in [2.75, 3.05) is 36.8 Å². The number of aromatic nitrogens is 4. The van der Waals surface area contributed by atoms with Gasteiger partial charge < -0.3 is 35.5 Å². The first kappa shape index (κ1) is 29.6. The molecule has 3 aliphatic rings. The maximum Gasteiger partial charge on any atom is 0.252 e. The van der Waals surface area contributed by atoms with Gasteiger partial charge in [0.25, 0.3) is 5.91 Å². The van der Waals surface area contributed by atoms with E-state index < -0.39 is 30.3 Å². The van der Waals surface area contributed by atoms with Gasteiger partial charge in [-0.15, -0.1) is 0 Å². The van der Waals surface area contributed by atoms with E-state index in [1.54, 1.807) is 6.33 Å². The number of rotatable bonds is 10. The van der Waals surface area contributed by atoms with E-state index in [4.69, 9.17) is 29.2 Å². The van der Waals surface area contributed by atoms with Crippen molar-refractivity contribution in [3.63, 3.8) is 0 Å². The lowest BCUT2D eigenvalue weighted by molar-refractivity contribution is -0.197. The Balaban J connectivity index is 1.25. The molecule has 4 aromatic rings. The molecule has 1 amide bonds. The summed E-state index contributed by atoms with van der Waals surface area (Å²) in [5.41, 5.74) is 3.57. The minimum Gasteiger partial charge on any atom is -0.367 e. The molecule has 1 unspecified atom stereocenters. The monoisotopic (exact) mass is 612 g/mol. The third-order valence-corrected chi connectivity index (χ3v) is 8.61. The van der Waals surface area contributed by atoms with Crippen molar-refractivity contribution >= 4 is 28.8 Å². The zero-order valence-electron chi connectivity index (χ0n) is 25.8. The fraction of sp³-hybridized carbons (Fsp3) is 0.455. The molecular weight excluding hydrogens is 572 g/mol. The molecule has 5 heterocycles. The van der Waals surface area contributed by atoms with E-state index in [0.29, 0.717) is 36.0 Å². The molecule has 3 aliphatic heterocycles. The average molecular weight is 613 g/mol. The van der Waals surface area contributed by atoms with Gasteiger partial charge in [0, 0.05) is 31.6 Å². The van der Waals surface area contributed by atoms with Gasteiger partial charge in [-0.1, -0.05) is 60.7 Å². The number of imidazole rings is 1. The van der Waals surface area contributed by atoms with Gasteiger partial charge in [0.1, 0.15) is 12.2 Å². The van der Waals surface area contributed by atoms with Crippen LogP contribution in [0.1, 0.15) is 50.5 Å². The highest BCUT2D eigenvalue weighted by Crippen LogP contribution is 2.44. The van der Waals surface area contributed by atoms with Gasteiger partial charge in [0.15, 0.2) is 35.1 Å². The lowest BCUT2D eigenvalue weighted by Gasteiger charge is -2.24. The van der Waals surface area contributed by atoms with Crippen molar-refractivity contribution in [1.82, 2.24) is 30.2 Å². The average Bonchev–Trinajstić information content (AvgIpc) is 3.83. The minimum atomic E-state index is -0.869. The van der Waals surface area contributed by atoms with Gasteiger partial charge in [-0.25, -0.2) is 4.98 Å². The minimum absolute atomic E-state index is 0.0815. The van der Waals surface area contributed by atoms with Crippen LogP contribution in [-0.2, 0) is 19.0 Å². The number of nitrogens with one attached hydrogen (secondary N) is 4. The molecule has 0 radical (unpaired) electrons. The van der Waals surface area contributed by atoms with Gasteiger partial charge in [-0.05, 0) is 44.9 Å². The Morgan fingerprint density at radius 2 is 1.76 bits per heavy atom. The van der Waals surface area contributed by atoms with Gasteiger partial charge in [-0.2, -0.15) is 9.97 Å². The maximum absolute atomic E-state index is 13.0. The number of hydrogen-bond acceptors (Lipinski definition) is 10. The second kappa shape index (κ2) is 12.4. The zero-order chi connectivity index (χ0) is 31.0. The summed E-state index contributed by atoms with van der Waals surface area (Å²) in [6, 6.07) is 21.1. The summed E-state index contributed by atoms with van der Waals surface area (Å²) >= 11 is 0. The smallest absolute Gasteiger partial charge is 0.252 e. The van der Waals surface area contributed by atoms with Crippen LogP contribution in [0.2, 0.25) is 0 Å². The number of likely N-dealkylation sites (N-methyl/N-ethyl adjacent to an activating group) is 1. The Bertz CT molecular complexity index is 1590. The molecular formula is C33H40N8O4. The molecule has 0 aliphatic carbocycles. The third-order valence-electron chi connectivity index (χ3n) is 8.61. The zero-order valence-corrected chi connectivity index (χ0v) is 25.8. The van der Waals surface area contributed by atoms with Crippen molar-refractivity contribution in [1.29, 1.82) is 0 Å². The molecule has 3 saturated heterocycles. The summed E-state index contributed by atoms with van der Waals surface area (Å²) in [6.45, 7) is 8.41. The van der Waals surface area contributed by atoms with Crippen LogP contribution in [0.25, 0.3) is 11.2 Å². The van der Waals surface area contributed by atoms with Crippen LogP contribution < -0.4 is 21.3 Å². The number of amides is 1. The van der Waals surface area contributed by atoms with Crippen LogP contribution in [0.4, 0.5) is 11.8 Å². The van der Waals surface area contributed by atoms with Crippen LogP contribution in [0.5, 0.6) is 0 Å². The Hall–Kier alpha value is -4.10. The Labute approximate surface area is 262 Å². The molecule has 236 valence electrons. The van der Waals surface area contributed by atoms with E-state index >= 15 is 0 Å². The standard InChI is InChI=1S/C33H40N8O4/c1-4-35-30(42)26-25-27(45-33(2,3)44-25)31(43-26)41-19-37-24-28(39-32(40-29(24)41)38-22-15-16-34-17-22)36-18-23(20-11-7-5-8-12-20)21-13-9-6-10-14-21/h5-14,19,22-23,25-27,31,34H,4,15-18H2,1-3H3,(H,35,42)(H2,36,38,39,40)/t22?,25-,26-,27+,31+/m0/s1. The summed E-state index contributed by atoms with van der Waals surface area (Å²) in [5, 5.41) is 13.4. The van der Waals surface area contributed by atoms with Crippen LogP contribution >= 0.6 is 0 Å². The summed E-state index contributed by atoms with van der Waals surface area (Å²) in [4.78, 5) is 27.6. The molecule has 2 aromatic carbocycles. The fourth-order valence-electron chi connectivity index (χ4n) is 6.54. The molecule has 4 N–H and O–H groups in total. The third kappa shape index (κ3) is 5.98. The van der Waals surface area contributed by atoms with Gasteiger partial charge >= 0.3 is 0 Å². The lowest BCUT2D eigenvalue weighted by Crippen LogP contribution is -2.42. The fourth-order valence-corrected chi connectivity index (χ4v) is 6.54. The number of fused-ring (bicyclic) bond motifs is 2. The number of ether oxygens (including phenoxy) is 3.